The van der Waals surface area contributed by atoms with E-state index < -0.39 is 0 Å². The predicted octanol–water partition coefficient (Wildman–Crippen LogP) is 2.43. The summed E-state index contributed by atoms with van der Waals surface area (Å²) >= 11 is 4.21. The molecule has 0 N–H and O–H groups in total. The summed E-state index contributed by atoms with van der Waals surface area (Å²) in [5, 5.41) is 0. The molecule has 1 aromatic carbocycles. The van der Waals surface area contributed by atoms with Crippen molar-refractivity contribution in [1.29, 1.82) is 0 Å². The molecule has 1 rings (SSSR count). The van der Waals surface area contributed by atoms with Crippen LogP contribution in [0.15, 0.2) is 18.2 Å². The summed E-state index contributed by atoms with van der Waals surface area (Å²) in [6, 6.07) is 6.02. The van der Waals surface area contributed by atoms with Gasteiger partial charge in [-0.1, -0.05) is 6.07 Å². The number of methoxy groups -OCH3 is 1. The Balaban J connectivity index is 3.02. The van der Waals surface area contributed by atoms with E-state index >= 15 is 0 Å². The lowest BCUT2D eigenvalue weighted by Crippen LogP contribution is -1.87. The van der Waals surface area contributed by atoms with Crippen LogP contribution < -0.4 is 4.74 Å². The molecule has 0 aromatic heterocycles. The van der Waals surface area contributed by atoms with E-state index in [2.05, 4.69) is 19.6 Å². The van der Waals surface area contributed by atoms with Crippen LogP contribution in [0.25, 0.3) is 0 Å². The molecule has 0 spiro atoms. The van der Waals surface area contributed by atoms with Crippen LogP contribution in [0.1, 0.15) is 11.1 Å². The minimum absolute atomic E-state index is 0.767. The zero-order valence-corrected chi connectivity index (χ0v) is 7.69. The number of thiol groups is 1. The summed E-state index contributed by atoms with van der Waals surface area (Å²) in [5.41, 5.74) is 2.49. The van der Waals surface area contributed by atoms with E-state index in [4.69, 9.17) is 4.74 Å². The highest BCUT2D eigenvalue weighted by Gasteiger charge is 1.97. The van der Waals surface area contributed by atoms with Gasteiger partial charge in [-0.15, -0.1) is 0 Å². The van der Waals surface area contributed by atoms with Crippen molar-refractivity contribution < 1.29 is 4.74 Å². The Morgan fingerprint density at radius 3 is 2.73 bits per heavy atom. The number of ether oxygens (including phenoxy) is 1. The first kappa shape index (κ1) is 8.47. The molecule has 0 aliphatic rings. The maximum absolute atomic E-state index is 5.08. The number of hydrogen-bond donors (Lipinski definition) is 1. The lowest BCUT2D eigenvalue weighted by molar-refractivity contribution is 0.414. The van der Waals surface area contributed by atoms with Gasteiger partial charge in [-0.25, -0.2) is 0 Å². The van der Waals surface area contributed by atoms with Crippen molar-refractivity contribution in [3.63, 3.8) is 0 Å². The van der Waals surface area contributed by atoms with Crippen molar-refractivity contribution in [2.45, 2.75) is 12.7 Å². The van der Waals surface area contributed by atoms with Crippen LogP contribution in [0.4, 0.5) is 0 Å². The van der Waals surface area contributed by atoms with E-state index in [-0.39, 0.29) is 0 Å². The highest BCUT2D eigenvalue weighted by Crippen LogP contribution is 2.17. The third kappa shape index (κ3) is 1.90. The van der Waals surface area contributed by atoms with Gasteiger partial charge < -0.3 is 4.74 Å². The van der Waals surface area contributed by atoms with Crippen LogP contribution >= 0.6 is 12.6 Å². The Hall–Kier alpha value is -0.630. The molecular formula is C9H12OS. The number of benzene rings is 1. The standard InChI is InChI=1S/C9H12OS/c1-7-3-4-9(10-2)5-8(7)6-11/h3-5,11H,6H2,1-2H3. The van der Waals surface area contributed by atoms with E-state index in [1.54, 1.807) is 7.11 Å². The van der Waals surface area contributed by atoms with Crippen LogP contribution in [0.3, 0.4) is 0 Å². The third-order valence-electron chi connectivity index (χ3n) is 1.73. The first-order valence-corrected chi connectivity index (χ1v) is 4.15. The van der Waals surface area contributed by atoms with Gasteiger partial charge in [-0.2, -0.15) is 12.6 Å². The van der Waals surface area contributed by atoms with Gasteiger partial charge in [0.2, 0.25) is 0 Å². The van der Waals surface area contributed by atoms with Crippen LogP contribution in [-0.2, 0) is 5.75 Å². The summed E-state index contributed by atoms with van der Waals surface area (Å²) in [5.74, 6) is 1.67. The minimum atomic E-state index is 0.767. The molecule has 0 aliphatic carbocycles. The molecule has 0 unspecified atom stereocenters. The van der Waals surface area contributed by atoms with Gasteiger partial charge in [0.05, 0.1) is 7.11 Å². The second kappa shape index (κ2) is 3.67. The number of hydrogen-bond acceptors (Lipinski definition) is 2. The third-order valence-corrected chi connectivity index (χ3v) is 2.07. The van der Waals surface area contributed by atoms with Gasteiger partial charge in [-0.05, 0) is 30.2 Å². The summed E-state index contributed by atoms with van der Waals surface area (Å²) in [7, 11) is 1.67. The van der Waals surface area contributed by atoms with Crippen molar-refractivity contribution in [3.8, 4) is 5.75 Å². The SMILES string of the molecule is COc1ccc(C)c(CS)c1. The Labute approximate surface area is 72.8 Å². The first-order valence-electron chi connectivity index (χ1n) is 3.52. The second-order valence-corrected chi connectivity index (χ2v) is 2.77. The average molecular weight is 168 g/mol. The van der Waals surface area contributed by atoms with Crippen LogP contribution in [0.2, 0.25) is 0 Å². The molecule has 0 radical (unpaired) electrons. The van der Waals surface area contributed by atoms with Gasteiger partial charge in [-0.3, -0.25) is 0 Å². The zero-order valence-electron chi connectivity index (χ0n) is 6.79. The fourth-order valence-electron chi connectivity index (χ4n) is 0.945. The average Bonchev–Trinajstić information content (AvgIpc) is 2.05. The molecule has 0 saturated heterocycles. The van der Waals surface area contributed by atoms with E-state index in [1.807, 2.05) is 18.2 Å². The van der Waals surface area contributed by atoms with Gasteiger partial charge in [0.1, 0.15) is 5.75 Å². The summed E-state index contributed by atoms with van der Waals surface area (Å²) in [4.78, 5) is 0. The van der Waals surface area contributed by atoms with Crippen molar-refractivity contribution in [3.05, 3.63) is 29.3 Å². The molecular weight excluding hydrogens is 156 g/mol. The van der Waals surface area contributed by atoms with Crippen LogP contribution in [0, 0.1) is 6.92 Å². The molecule has 2 heteroatoms. The molecule has 0 fully saturated rings. The van der Waals surface area contributed by atoms with E-state index in [0.717, 1.165) is 11.5 Å². The predicted molar refractivity (Wildman–Crippen MR) is 50.4 cm³/mol. The summed E-state index contributed by atoms with van der Waals surface area (Å²) < 4.78 is 5.08. The Kier molecular flexibility index (Phi) is 2.83. The van der Waals surface area contributed by atoms with E-state index in [1.165, 1.54) is 11.1 Å². The molecule has 60 valence electrons. The normalized spacial score (nSPS) is 9.73. The van der Waals surface area contributed by atoms with Crippen molar-refractivity contribution in [1.82, 2.24) is 0 Å². The monoisotopic (exact) mass is 168 g/mol. The maximum atomic E-state index is 5.08. The second-order valence-electron chi connectivity index (χ2n) is 2.45. The van der Waals surface area contributed by atoms with Crippen LogP contribution in [0.5, 0.6) is 5.75 Å². The van der Waals surface area contributed by atoms with Gasteiger partial charge in [0, 0.05) is 5.75 Å². The Bertz CT molecular complexity index is 245. The largest absolute Gasteiger partial charge is 0.497 e. The minimum Gasteiger partial charge on any atom is -0.497 e. The summed E-state index contributed by atoms with van der Waals surface area (Å²) in [6.07, 6.45) is 0. The van der Waals surface area contributed by atoms with Gasteiger partial charge in [0.25, 0.3) is 0 Å². The molecule has 1 nitrogen and oxygen atoms in total. The molecule has 0 saturated carbocycles. The molecule has 1 aromatic rings. The fourth-order valence-corrected chi connectivity index (χ4v) is 1.29. The lowest BCUT2D eigenvalue weighted by atomic mass is 10.1. The fraction of sp³-hybridized carbons (Fsp3) is 0.333. The van der Waals surface area contributed by atoms with Crippen molar-refractivity contribution in [2.75, 3.05) is 7.11 Å². The van der Waals surface area contributed by atoms with Gasteiger partial charge in [0.15, 0.2) is 0 Å². The van der Waals surface area contributed by atoms with Crippen molar-refractivity contribution >= 4 is 12.6 Å². The molecule has 0 bridgehead atoms. The van der Waals surface area contributed by atoms with E-state index in [9.17, 15) is 0 Å². The number of aryl methyl sites for hydroxylation is 1. The Morgan fingerprint density at radius 1 is 1.45 bits per heavy atom. The number of rotatable bonds is 2. The molecule has 0 amide bonds. The van der Waals surface area contributed by atoms with Crippen molar-refractivity contribution in [2.24, 2.45) is 0 Å². The summed E-state index contributed by atoms with van der Waals surface area (Å²) in [6.45, 7) is 2.07. The molecule has 0 heterocycles. The van der Waals surface area contributed by atoms with Gasteiger partial charge >= 0.3 is 0 Å². The quantitative estimate of drug-likeness (QED) is 0.667. The smallest absolute Gasteiger partial charge is 0.119 e. The molecule has 0 aliphatic heterocycles. The molecule has 11 heavy (non-hydrogen) atoms. The Morgan fingerprint density at radius 2 is 2.18 bits per heavy atom. The molecule has 0 atom stereocenters. The zero-order chi connectivity index (χ0) is 8.27. The highest BCUT2D eigenvalue weighted by molar-refractivity contribution is 7.79. The first-order chi connectivity index (χ1) is 5.27. The maximum Gasteiger partial charge on any atom is 0.119 e. The van der Waals surface area contributed by atoms with E-state index in [0.29, 0.717) is 0 Å². The lowest BCUT2D eigenvalue weighted by Gasteiger charge is -2.04. The highest BCUT2D eigenvalue weighted by atomic mass is 32.1. The topological polar surface area (TPSA) is 9.23 Å². The van der Waals surface area contributed by atoms with Crippen LogP contribution in [-0.4, -0.2) is 7.11 Å².